The predicted molar refractivity (Wildman–Crippen MR) is 119 cm³/mol. The molecule has 6 bridgehead atoms. The van der Waals surface area contributed by atoms with Gasteiger partial charge in [-0.25, -0.2) is 0 Å². The van der Waals surface area contributed by atoms with Crippen LogP contribution in [-0.2, 0) is 23.9 Å². The Kier molecular flexibility index (Phi) is 5.49. The Hall–Kier alpha value is -1.39. The van der Waals surface area contributed by atoms with Gasteiger partial charge in [-0.05, 0) is 99.2 Å². The van der Waals surface area contributed by atoms with Gasteiger partial charge < -0.3 is 9.47 Å². The number of ether oxygens (including phenoxy) is 2. The summed E-state index contributed by atoms with van der Waals surface area (Å²) in [5.74, 6) is 5.15. The van der Waals surface area contributed by atoms with Crippen LogP contribution in [0.25, 0.3) is 0 Å². The Balaban J connectivity index is 0.000000203. The molecule has 32 heavy (non-hydrogen) atoms. The molecule has 1 saturated heterocycles. The molecule has 0 aromatic carbocycles. The minimum atomic E-state index is -0.396. The van der Waals surface area contributed by atoms with Crippen LogP contribution in [0.2, 0.25) is 0 Å². The SMILES string of the molecule is CC1C(=O)OC(=O)C1C.CC1C2CC(C(=O)OC3(C)C4CC5CC(C4)CC3C5)C(C2)C1C. The summed E-state index contributed by atoms with van der Waals surface area (Å²) < 4.78 is 10.7. The average Bonchev–Trinajstić information content (AvgIpc) is 3.37. The summed E-state index contributed by atoms with van der Waals surface area (Å²) in [6.45, 7) is 10.4. The van der Waals surface area contributed by atoms with E-state index in [0.717, 1.165) is 30.1 Å². The Morgan fingerprint density at radius 3 is 1.75 bits per heavy atom. The molecule has 6 saturated carbocycles. The van der Waals surface area contributed by atoms with Crippen LogP contribution in [0.4, 0.5) is 0 Å². The highest BCUT2D eigenvalue weighted by Crippen LogP contribution is 2.61. The van der Waals surface area contributed by atoms with Crippen molar-refractivity contribution in [1.29, 1.82) is 0 Å². The fourth-order valence-electron chi connectivity index (χ4n) is 8.48. The van der Waals surface area contributed by atoms with Crippen molar-refractivity contribution in [3.8, 4) is 0 Å². The molecule has 0 aromatic rings. The Bertz CT molecular complexity index is 754. The molecule has 0 aromatic heterocycles. The van der Waals surface area contributed by atoms with Crippen LogP contribution in [0, 0.1) is 65.1 Å². The van der Waals surface area contributed by atoms with E-state index in [1.807, 2.05) is 0 Å². The van der Waals surface area contributed by atoms with Gasteiger partial charge in [-0.1, -0.05) is 27.7 Å². The van der Waals surface area contributed by atoms with E-state index in [1.165, 1.54) is 38.5 Å². The van der Waals surface area contributed by atoms with E-state index in [4.69, 9.17) is 4.74 Å². The molecule has 1 heterocycles. The fourth-order valence-corrected chi connectivity index (χ4v) is 8.48. The van der Waals surface area contributed by atoms with E-state index in [9.17, 15) is 14.4 Å². The number of carbonyl (C=O) groups excluding carboxylic acids is 3. The highest BCUT2D eigenvalue weighted by molar-refractivity contribution is 5.95. The van der Waals surface area contributed by atoms with E-state index in [0.29, 0.717) is 23.7 Å². The molecular weight excluding hydrogens is 404 g/mol. The number of fused-ring (bicyclic) bond motifs is 2. The molecule has 0 amide bonds. The Morgan fingerprint density at radius 1 is 0.812 bits per heavy atom. The molecule has 178 valence electrons. The first-order valence-electron chi connectivity index (χ1n) is 13.1. The molecule has 0 radical (unpaired) electrons. The first-order chi connectivity index (χ1) is 15.1. The van der Waals surface area contributed by atoms with E-state index >= 15 is 0 Å². The van der Waals surface area contributed by atoms with E-state index in [2.05, 4.69) is 25.5 Å². The smallest absolute Gasteiger partial charge is 0.317 e. The maximum absolute atomic E-state index is 13.1. The summed E-state index contributed by atoms with van der Waals surface area (Å²) in [4.78, 5) is 34.2. The third-order valence-corrected chi connectivity index (χ3v) is 11.0. The quantitative estimate of drug-likeness (QED) is 0.442. The molecule has 7 atom stereocenters. The van der Waals surface area contributed by atoms with Crippen molar-refractivity contribution in [2.45, 2.75) is 85.2 Å². The number of hydrogen-bond donors (Lipinski definition) is 0. The number of rotatable bonds is 2. The van der Waals surface area contributed by atoms with Gasteiger partial charge in [0, 0.05) is 0 Å². The van der Waals surface area contributed by atoms with Gasteiger partial charge in [0.25, 0.3) is 0 Å². The van der Waals surface area contributed by atoms with Crippen LogP contribution in [0.15, 0.2) is 0 Å². The van der Waals surface area contributed by atoms with Crippen molar-refractivity contribution in [2.24, 2.45) is 65.1 Å². The van der Waals surface area contributed by atoms with E-state index in [-0.39, 0.29) is 29.3 Å². The second-order valence-electron chi connectivity index (χ2n) is 12.4. The van der Waals surface area contributed by atoms with Crippen molar-refractivity contribution in [1.82, 2.24) is 0 Å². The lowest BCUT2D eigenvalue weighted by atomic mass is 9.50. The summed E-state index contributed by atoms with van der Waals surface area (Å²) >= 11 is 0. The van der Waals surface area contributed by atoms with Gasteiger partial charge in [0.2, 0.25) is 0 Å². The standard InChI is InChI=1S/C21H32O2.C6H8O3/c1-11-12(2)18-9-15(11)10-19(18)20(22)23-21(3)16-5-13-4-14(7-16)8-17(21)6-13;1-3-4(2)6(8)9-5(3)7/h11-19H,4-10H2,1-3H3;3-4H,1-2H3. The van der Waals surface area contributed by atoms with Gasteiger partial charge in [-0.15, -0.1) is 0 Å². The minimum Gasteiger partial charge on any atom is -0.459 e. The van der Waals surface area contributed by atoms with Crippen LogP contribution in [0.1, 0.15) is 79.6 Å². The normalized spacial score (nSPS) is 52.6. The zero-order valence-corrected chi connectivity index (χ0v) is 20.3. The second kappa shape index (κ2) is 7.84. The number of carbonyl (C=O) groups is 3. The summed E-state index contributed by atoms with van der Waals surface area (Å²) in [7, 11) is 0. The molecule has 7 rings (SSSR count). The van der Waals surface area contributed by atoms with Gasteiger partial charge >= 0.3 is 17.9 Å². The van der Waals surface area contributed by atoms with Crippen molar-refractivity contribution < 1.29 is 23.9 Å². The third-order valence-electron chi connectivity index (χ3n) is 11.0. The zero-order chi connectivity index (χ0) is 22.9. The van der Waals surface area contributed by atoms with Crippen molar-refractivity contribution in [3.05, 3.63) is 0 Å². The summed E-state index contributed by atoms with van der Waals surface area (Å²) in [6.07, 6.45) is 9.12. The van der Waals surface area contributed by atoms with Gasteiger partial charge in [-0.3, -0.25) is 14.4 Å². The van der Waals surface area contributed by atoms with Crippen molar-refractivity contribution >= 4 is 17.9 Å². The van der Waals surface area contributed by atoms with Gasteiger partial charge in [0.1, 0.15) is 5.60 Å². The highest BCUT2D eigenvalue weighted by Gasteiger charge is 2.59. The Labute approximate surface area is 192 Å². The first kappa shape index (κ1) is 22.4. The molecule has 5 heteroatoms. The average molecular weight is 445 g/mol. The van der Waals surface area contributed by atoms with Crippen LogP contribution in [0.5, 0.6) is 0 Å². The van der Waals surface area contributed by atoms with E-state index in [1.54, 1.807) is 13.8 Å². The number of esters is 3. The Morgan fingerprint density at radius 2 is 1.34 bits per heavy atom. The molecule has 7 unspecified atom stereocenters. The minimum absolute atomic E-state index is 0.138. The molecule has 0 spiro atoms. The zero-order valence-electron chi connectivity index (χ0n) is 20.3. The molecule has 7 aliphatic rings. The lowest BCUT2D eigenvalue weighted by Crippen LogP contribution is -2.58. The fraction of sp³-hybridized carbons (Fsp3) is 0.889. The monoisotopic (exact) mass is 444 g/mol. The van der Waals surface area contributed by atoms with Crippen LogP contribution in [-0.4, -0.2) is 23.5 Å². The number of hydrogen-bond acceptors (Lipinski definition) is 5. The summed E-state index contributed by atoms with van der Waals surface area (Å²) in [5.41, 5.74) is -0.138. The van der Waals surface area contributed by atoms with Gasteiger partial charge in [0.05, 0.1) is 17.8 Å². The highest BCUT2D eigenvalue weighted by atomic mass is 16.6. The molecule has 7 fully saturated rings. The molecule has 0 N–H and O–H groups in total. The lowest BCUT2D eigenvalue weighted by Gasteiger charge is -2.59. The second-order valence-corrected chi connectivity index (χ2v) is 12.4. The molecular formula is C27H40O5. The third kappa shape index (κ3) is 3.44. The largest absolute Gasteiger partial charge is 0.459 e. The van der Waals surface area contributed by atoms with Gasteiger partial charge in [0.15, 0.2) is 0 Å². The van der Waals surface area contributed by atoms with Crippen LogP contribution in [0.3, 0.4) is 0 Å². The predicted octanol–water partition coefficient (Wildman–Crippen LogP) is 5.01. The molecule has 6 aliphatic carbocycles. The van der Waals surface area contributed by atoms with Crippen molar-refractivity contribution in [2.75, 3.05) is 0 Å². The van der Waals surface area contributed by atoms with Crippen LogP contribution < -0.4 is 0 Å². The maximum atomic E-state index is 13.1. The summed E-state index contributed by atoms with van der Waals surface area (Å²) in [5, 5.41) is 0. The van der Waals surface area contributed by atoms with Crippen molar-refractivity contribution in [3.63, 3.8) is 0 Å². The molecule has 5 nitrogen and oxygen atoms in total. The van der Waals surface area contributed by atoms with E-state index < -0.39 is 11.9 Å². The summed E-state index contributed by atoms with van der Waals surface area (Å²) in [6, 6.07) is 0. The van der Waals surface area contributed by atoms with Crippen LogP contribution >= 0.6 is 0 Å². The lowest BCUT2D eigenvalue weighted by molar-refractivity contribution is -0.209. The van der Waals surface area contributed by atoms with Gasteiger partial charge in [-0.2, -0.15) is 0 Å². The topological polar surface area (TPSA) is 69.7 Å². The molecule has 1 aliphatic heterocycles. The maximum Gasteiger partial charge on any atom is 0.317 e. The number of cyclic esters (lactones) is 2. The first-order valence-corrected chi connectivity index (χ1v) is 13.1.